The highest BCUT2D eigenvalue weighted by molar-refractivity contribution is 8.00. The van der Waals surface area contributed by atoms with E-state index < -0.39 is 0 Å². The van der Waals surface area contributed by atoms with Gasteiger partial charge in [-0.2, -0.15) is 0 Å². The molecule has 1 saturated heterocycles. The molecule has 1 aromatic carbocycles. The number of likely N-dealkylation sites (N-methyl/N-ethyl adjacent to an activating group) is 1. The van der Waals surface area contributed by atoms with Gasteiger partial charge in [0.2, 0.25) is 0 Å². The van der Waals surface area contributed by atoms with E-state index in [1.54, 1.807) is 0 Å². The van der Waals surface area contributed by atoms with Crippen molar-refractivity contribution in [3.63, 3.8) is 0 Å². The molecular weight excluding hydrogens is 342 g/mol. The Hall–Kier alpha value is -1.24. The molecule has 5 nitrogen and oxygen atoms in total. The van der Waals surface area contributed by atoms with Crippen LogP contribution in [-0.4, -0.2) is 80.9 Å². The van der Waals surface area contributed by atoms with Crippen LogP contribution in [0.2, 0.25) is 0 Å². The Kier molecular flexibility index (Phi) is 9.89. The molecule has 1 atom stereocenters. The number of aliphatic imine (C=N–C) groups is 1. The fourth-order valence-electron chi connectivity index (χ4n) is 2.97. The molecule has 1 aliphatic rings. The van der Waals surface area contributed by atoms with Crippen molar-refractivity contribution in [1.82, 2.24) is 20.4 Å². The Morgan fingerprint density at radius 3 is 2.54 bits per heavy atom. The van der Waals surface area contributed by atoms with Gasteiger partial charge in [0.1, 0.15) is 0 Å². The second-order valence-electron chi connectivity index (χ2n) is 6.97. The van der Waals surface area contributed by atoms with Gasteiger partial charge < -0.3 is 20.4 Å². The molecule has 146 valence electrons. The molecule has 0 aromatic heterocycles. The van der Waals surface area contributed by atoms with Gasteiger partial charge in [0.25, 0.3) is 0 Å². The molecule has 1 unspecified atom stereocenters. The van der Waals surface area contributed by atoms with Gasteiger partial charge in [-0.1, -0.05) is 25.1 Å². The third-order valence-electron chi connectivity index (χ3n) is 4.65. The number of nitrogens with zero attached hydrogens (tertiary/aromatic N) is 3. The topological polar surface area (TPSA) is 42.9 Å². The Morgan fingerprint density at radius 2 is 1.85 bits per heavy atom. The van der Waals surface area contributed by atoms with E-state index in [1.165, 1.54) is 50.5 Å². The normalized spacial score (nSPS) is 17.9. The van der Waals surface area contributed by atoms with Crippen molar-refractivity contribution in [3.8, 4) is 0 Å². The van der Waals surface area contributed by atoms with Crippen LogP contribution in [0.5, 0.6) is 0 Å². The molecule has 6 heteroatoms. The van der Waals surface area contributed by atoms with E-state index in [9.17, 15) is 0 Å². The third kappa shape index (κ3) is 8.43. The first-order valence-electron chi connectivity index (χ1n) is 9.74. The standard InChI is InChI=1S/C20H35N5S/c1-18(26-19-9-5-4-6-10-19)17-23-20(21-2)22-11-7-8-12-25-15-13-24(3)14-16-25/h4-6,9-10,18H,7-8,11-17H2,1-3H3,(H2,21,22,23). The van der Waals surface area contributed by atoms with Gasteiger partial charge in [0, 0.05) is 56.5 Å². The number of guanidine groups is 1. The number of rotatable bonds is 9. The van der Waals surface area contributed by atoms with Gasteiger partial charge in [-0.15, -0.1) is 11.8 Å². The molecule has 1 heterocycles. The first-order chi connectivity index (χ1) is 12.7. The number of hydrogen-bond acceptors (Lipinski definition) is 4. The summed E-state index contributed by atoms with van der Waals surface area (Å²) in [4.78, 5) is 10.6. The van der Waals surface area contributed by atoms with E-state index >= 15 is 0 Å². The Balaban J connectivity index is 1.53. The van der Waals surface area contributed by atoms with E-state index in [0.29, 0.717) is 5.25 Å². The van der Waals surface area contributed by atoms with E-state index in [-0.39, 0.29) is 0 Å². The largest absolute Gasteiger partial charge is 0.356 e. The lowest BCUT2D eigenvalue weighted by molar-refractivity contribution is 0.152. The minimum Gasteiger partial charge on any atom is -0.356 e. The van der Waals surface area contributed by atoms with E-state index in [4.69, 9.17) is 0 Å². The maximum Gasteiger partial charge on any atom is 0.191 e. The minimum absolute atomic E-state index is 0.494. The summed E-state index contributed by atoms with van der Waals surface area (Å²) in [6.45, 7) is 10.2. The summed E-state index contributed by atoms with van der Waals surface area (Å²) in [7, 11) is 4.05. The van der Waals surface area contributed by atoms with Crippen LogP contribution in [0.15, 0.2) is 40.2 Å². The summed E-state index contributed by atoms with van der Waals surface area (Å²) in [6.07, 6.45) is 2.43. The molecule has 0 amide bonds. The van der Waals surface area contributed by atoms with Crippen LogP contribution in [-0.2, 0) is 0 Å². The summed E-state index contributed by atoms with van der Waals surface area (Å²) in [5, 5.41) is 7.37. The Bertz CT molecular complexity index is 514. The van der Waals surface area contributed by atoms with Crippen LogP contribution in [0, 0.1) is 0 Å². The predicted octanol–water partition coefficient (Wildman–Crippen LogP) is 2.36. The Labute approximate surface area is 163 Å². The number of unbranched alkanes of at least 4 members (excludes halogenated alkanes) is 1. The zero-order valence-corrected chi connectivity index (χ0v) is 17.4. The summed E-state index contributed by atoms with van der Waals surface area (Å²) in [5.74, 6) is 0.908. The maximum absolute atomic E-state index is 4.33. The summed E-state index contributed by atoms with van der Waals surface area (Å²) in [5.41, 5.74) is 0. The molecule has 0 radical (unpaired) electrons. The smallest absolute Gasteiger partial charge is 0.191 e. The van der Waals surface area contributed by atoms with E-state index in [0.717, 1.165) is 19.0 Å². The fourth-order valence-corrected chi connectivity index (χ4v) is 3.92. The van der Waals surface area contributed by atoms with Crippen LogP contribution < -0.4 is 10.6 Å². The first-order valence-corrected chi connectivity index (χ1v) is 10.6. The highest BCUT2D eigenvalue weighted by Crippen LogP contribution is 2.21. The second-order valence-corrected chi connectivity index (χ2v) is 8.49. The van der Waals surface area contributed by atoms with Crippen molar-refractivity contribution >= 4 is 17.7 Å². The maximum atomic E-state index is 4.33. The van der Waals surface area contributed by atoms with Crippen LogP contribution in [0.1, 0.15) is 19.8 Å². The second kappa shape index (κ2) is 12.2. The van der Waals surface area contributed by atoms with Crippen molar-refractivity contribution in [2.75, 3.05) is 59.9 Å². The van der Waals surface area contributed by atoms with Crippen LogP contribution in [0.3, 0.4) is 0 Å². The van der Waals surface area contributed by atoms with Crippen molar-refractivity contribution in [2.45, 2.75) is 29.9 Å². The average molecular weight is 378 g/mol. The number of piperazine rings is 1. The SMILES string of the molecule is CN=C(NCCCCN1CCN(C)CC1)NCC(C)Sc1ccccc1. The molecule has 2 rings (SSSR count). The third-order valence-corrected chi connectivity index (χ3v) is 5.76. The average Bonchev–Trinajstić information content (AvgIpc) is 2.66. The highest BCUT2D eigenvalue weighted by atomic mass is 32.2. The van der Waals surface area contributed by atoms with Gasteiger partial charge in [-0.05, 0) is 38.6 Å². The van der Waals surface area contributed by atoms with Crippen molar-refractivity contribution < 1.29 is 0 Å². The summed E-state index contributed by atoms with van der Waals surface area (Å²) >= 11 is 1.89. The van der Waals surface area contributed by atoms with Crippen molar-refractivity contribution in [3.05, 3.63) is 30.3 Å². The first kappa shape index (κ1) is 21.1. The van der Waals surface area contributed by atoms with E-state index in [2.05, 4.69) is 69.7 Å². The zero-order valence-electron chi connectivity index (χ0n) is 16.6. The van der Waals surface area contributed by atoms with Gasteiger partial charge in [-0.3, -0.25) is 4.99 Å². The minimum atomic E-state index is 0.494. The van der Waals surface area contributed by atoms with Crippen molar-refractivity contribution in [1.29, 1.82) is 0 Å². The molecule has 0 saturated carbocycles. The lowest BCUT2D eigenvalue weighted by atomic mass is 10.2. The predicted molar refractivity (Wildman–Crippen MR) is 114 cm³/mol. The molecule has 1 aromatic rings. The van der Waals surface area contributed by atoms with E-state index in [1.807, 2.05) is 18.8 Å². The van der Waals surface area contributed by atoms with Crippen LogP contribution in [0.4, 0.5) is 0 Å². The number of benzene rings is 1. The molecule has 0 spiro atoms. The quantitative estimate of drug-likeness (QED) is 0.299. The number of thioether (sulfide) groups is 1. The summed E-state index contributed by atoms with van der Waals surface area (Å²) in [6, 6.07) is 10.6. The van der Waals surface area contributed by atoms with Gasteiger partial charge in [0.05, 0.1) is 0 Å². The molecule has 0 aliphatic carbocycles. The van der Waals surface area contributed by atoms with Gasteiger partial charge in [0.15, 0.2) is 5.96 Å². The fraction of sp³-hybridized carbons (Fsp3) is 0.650. The highest BCUT2D eigenvalue weighted by Gasteiger charge is 2.12. The molecule has 26 heavy (non-hydrogen) atoms. The zero-order chi connectivity index (χ0) is 18.6. The Morgan fingerprint density at radius 1 is 1.12 bits per heavy atom. The number of nitrogens with one attached hydrogen (secondary N) is 2. The molecule has 0 bridgehead atoms. The molecule has 2 N–H and O–H groups in total. The number of hydrogen-bond donors (Lipinski definition) is 2. The molecule has 1 aliphatic heterocycles. The molecule has 1 fully saturated rings. The lowest BCUT2D eigenvalue weighted by Crippen LogP contribution is -2.44. The van der Waals surface area contributed by atoms with Gasteiger partial charge in [-0.25, -0.2) is 0 Å². The van der Waals surface area contributed by atoms with Crippen LogP contribution in [0.25, 0.3) is 0 Å². The van der Waals surface area contributed by atoms with Gasteiger partial charge >= 0.3 is 0 Å². The van der Waals surface area contributed by atoms with Crippen LogP contribution >= 0.6 is 11.8 Å². The molecular formula is C20H35N5S. The van der Waals surface area contributed by atoms with Crippen molar-refractivity contribution in [2.24, 2.45) is 4.99 Å². The summed E-state index contributed by atoms with van der Waals surface area (Å²) < 4.78 is 0. The monoisotopic (exact) mass is 377 g/mol. The lowest BCUT2D eigenvalue weighted by Gasteiger charge is -2.32.